The lowest BCUT2D eigenvalue weighted by atomic mass is 9.83. The van der Waals surface area contributed by atoms with Crippen LogP contribution in [0.3, 0.4) is 0 Å². The standard InChI is InChI=1S/C24H40N4O2.HI/c1-5-19(3)22(29)28-21-11-9-10-20(16-21)17-26-23(25-4)27-18-24(12-7-8-13-24)14-15-30-6-2;/h9-11,16,19H,5-8,12-15,17-18H2,1-4H3,(H,28,29)(H2,25,26,27);1H. The Balaban J connectivity index is 0.00000480. The van der Waals surface area contributed by atoms with Gasteiger partial charge in [0.1, 0.15) is 0 Å². The number of carbonyl (C=O) groups is 1. The zero-order chi connectivity index (χ0) is 21.8. The van der Waals surface area contributed by atoms with Crippen LogP contribution in [0.25, 0.3) is 0 Å². The van der Waals surface area contributed by atoms with E-state index in [1.165, 1.54) is 25.7 Å². The number of aliphatic imine (C=N–C) groups is 1. The molecule has 0 spiro atoms. The van der Waals surface area contributed by atoms with Gasteiger partial charge in [-0.15, -0.1) is 24.0 Å². The van der Waals surface area contributed by atoms with Gasteiger partial charge in [-0.3, -0.25) is 9.79 Å². The first-order valence-electron chi connectivity index (χ1n) is 11.4. The third kappa shape index (κ3) is 9.35. The molecule has 1 fully saturated rings. The first-order valence-corrected chi connectivity index (χ1v) is 11.4. The van der Waals surface area contributed by atoms with Crippen LogP contribution in [0.15, 0.2) is 29.3 Å². The minimum absolute atomic E-state index is 0. The van der Waals surface area contributed by atoms with Crippen LogP contribution in [0.5, 0.6) is 0 Å². The van der Waals surface area contributed by atoms with Crippen molar-refractivity contribution in [2.45, 2.75) is 65.8 Å². The van der Waals surface area contributed by atoms with Crippen molar-refractivity contribution < 1.29 is 9.53 Å². The van der Waals surface area contributed by atoms with Crippen molar-refractivity contribution in [3.05, 3.63) is 29.8 Å². The molecule has 1 amide bonds. The minimum atomic E-state index is 0. The quantitative estimate of drug-likeness (QED) is 0.160. The molecule has 6 nitrogen and oxygen atoms in total. The van der Waals surface area contributed by atoms with Gasteiger partial charge in [-0.25, -0.2) is 0 Å². The van der Waals surface area contributed by atoms with Crippen LogP contribution in [0.1, 0.15) is 64.9 Å². The maximum absolute atomic E-state index is 12.1. The summed E-state index contributed by atoms with van der Waals surface area (Å²) in [5.74, 6) is 0.890. The number of halogens is 1. The van der Waals surface area contributed by atoms with E-state index >= 15 is 0 Å². The second-order valence-electron chi connectivity index (χ2n) is 8.43. The number of nitrogens with zero attached hydrogens (tertiary/aromatic N) is 1. The third-order valence-electron chi connectivity index (χ3n) is 6.21. The Morgan fingerprint density at radius 2 is 1.97 bits per heavy atom. The molecule has 1 aromatic rings. The summed E-state index contributed by atoms with van der Waals surface area (Å²) < 4.78 is 5.62. The Labute approximate surface area is 205 Å². The Hall–Kier alpha value is -1.35. The maximum atomic E-state index is 12.1. The number of anilines is 1. The van der Waals surface area contributed by atoms with Gasteiger partial charge in [0.2, 0.25) is 5.91 Å². The molecule has 1 saturated carbocycles. The van der Waals surface area contributed by atoms with Gasteiger partial charge >= 0.3 is 0 Å². The van der Waals surface area contributed by atoms with E-state index in [2.05, 4.69) is 33.9 Å². The van der Waals surface area contributed by atoms with Gasteiger partial charge in [0.05, 0.1) is 0 Å². The molecular formula is C24H41IN4O2. The number of benzene rings is 1. The smallest absolute Gasteiger partial charge is 0.227 e. The fourth-order valence-electron chi connectivity index (χ4n) is 3.96. The second-order valence-corrected chi connectivity index (χ2v) is 8.43. The van der Waals surface area contributed by atoms with Crippen LogP contribution in [0.4, 0.5) is 5.69 Å². The molecule has 31 heavy (non-hydrogen) atoms. The highest BCUT2D eigenvalue weighted by Crippen LogP contribution is 2.40. The van der Waals surface area contributed by atoms with E-state index in [1.807, 2.05) is 32.0 Å². The van der Waals surface area contributed by atoms with Crippen molar-refractivity contribution in [3.63, 3.8) is 0 Å². The van der Waals surface area contributed by atoms with Crippen LogP contribution in [0.2, 0.25) is 0 Å². The largest absolute Gasteiger partial charge is 0.382 e. The number of carbonyl (C=O) groups excluding carboxylic acids is 1. The average molecular weight is 545 g/mol. The number of nitrogens with one attached hydrogen (secondary N) is 3. The van der Waals surface area contributed by atoms with Crippen LogP contribution >= 0.6 is 24.0 Å². The molecule has 1 aliphatic carbocycles. The Bertz CT molecular complexity index is 690. The number of hydrogen-bond acceptors (Lipinski definition) is 3. The van der Waals surface area contributed by atoms with Crippen molar-refractivity contribution >= 4 is 41.5 Å². The minimum Gasteiger partial charge on any atom is -0.382 e. The van der Waals surface area contributed by atoms with E-state index in [0.29, 0.717) is 12.0 Å². The van der Waals surface area contributed by atoms with Gasteiger partial charge in [-0.1, -0.05) is 38.8 Å². The predicted octanol–water partition coefficient (Wildman–Crippen LogP) is 4.94. The predicted molar refractivity (Wildman–Crippen MR) is 140 cm³/mol. The van der Waals surface area contributed by atoms with Crippen LogP contribution in [-0.2, 0) is 16.1 Å². The molecule has 0 aromatic heterocycles. The Kier molecular flexibility index (Phi) is 13.1. The highest BCUT2D eigenvalue weighted by molar-refractivity contribution is 14.0. The number of amides is 1. The number of ether oxygens (including phenoxy) is 1. The maximum Gasteiger partial charge on any atom is 0.227 e. The van der Waals surface area contributed by atoms with Crippen LogP contribution in [0, 0.1) is 11.3 Å². The molecule has 176 valence electrons. The number of rotatable bonds is 11. The van der Waals surface area contributed by atoms with Crippen molar-refractivity contribution in [3.8, 4) is 0 Å². The van der Waals surface area contributed by atoms with Gasteiger partial charge in [0.25, 0.3) is 0 Å². The van der Waals surface area contributed by atoms with Gasteiger partial charge in [-0.2, -0.15) is 0 Å². The monoisotopic (exact) mass is 544 g/mol. The van der Waals surface area contributed by atoms with Crippen molar-refractivity contribution in [2.75, 3.05) is 32.1 Å². The van der Waals surface area contributed by atoms with Crippen LogP contribution < -0.4 is 16.0 Å². The van der Waals surface area contributed by atoms with E-state index in [-0.39, 0.29) is 35.8 Å². The first kappa shape index (κ1) is 27.7. The molecule has 1 atom stereocenters. The number of guanidine groups is 1. The molecule has 1 aliphatic rings. The SMILES string of the molecule is CCOCCC1(CNC(=NC)NCc2cccc(NC(=O)C(C)CC)c2)CCCC1.I. The summed E-state index contributed by atoms with van der Waals surface area (Å²) in [6.07, 6.45) is 7.04. The summed E-state index contributed by atoms with van der Waals surface area (Å²) >= 11 is 0. The fourth-order valence-corrected chi connectivity index (χ4v) is 3.96. The van der Waals surface area contributed by atoms with E-state index in [9.17, 15) is 4.79 Å². The lowest BCUT2D eigenvalue weighted by Crippen LogP contribution is -2.43. The first-order chi connectivity index (χ1) is 14.5. The summed E-state index contributed by atoms with van der Waals surface area (Å²) in [6, 6.07) is 7.97. The second kappa shape index (κ2) is 14.7. The molecule has 1 unspecified atom stereocenters. The topological polar surface area (TPSA) is 74.8 Å². The lowest BCUT2D eigenvalue weighted by Gasteiger charge is -2.30. The van der Waals surface area contributed by atoms with Crippen molar-refractivity contribution in [1.29, 1.82) is 0 Å². The van der Waals surface area contributed by atoms with Gasteiger partial charge in [0.15, 0.2) is 5.96 Å². The summed E-state index contributed by atoms with van der Waals surface area (Å²) in [5.41, 5.74) is 2.25. The summed E-state index contributed by atoms with van der Waals surface area (Å²) in [6.45, 7) is 9.21. The fraction of sp³-hybridized carbons (Fsp3) is 0.667. The molecule has 2 rings (SSSR count). The van der Waals surface area contributed by atoms with Crippen molar-refractivity contribution in [2.24, 2.45) is 16.3 Å². The molecule has 0 radical (unpaired) electrons. The molecule has 0 heterocycles. The molecule has 3 N–H and O–H groups in total. The van der Waals surface area contributed by atoms with Gasteiger partial charge in [-0.05, 0) is 55.7 Å². The van der Waals surface area contributed by atoms with E-state index in [0.717, 1.165) is 49.8 Å². The van der Waals surface area contributed by atoms with Gasteiger partial charge in [0, 0.05) is 45.0 Å². The highest BCUT2D eigenvalue weighted by Gasteiger charge is 2.33. The van der Waals surface area contributed by atoms with E-state index < -0.39 is 0 Å². The van der Waals surface area contributed by atoms with Gasteiger partial charge < -0.3 is 20.7 Å². The van der Waals surface area contributed by atoms with Crippen molar-refractivity contribution in [1.82, 2.24) is 10.6 Å². The average Bonchev–Trinajstić information content (AvgIpc) is 3.22. The molecular weight excluding hydrogens is 503 g/mol. The van der Waals surface area contributed by atoms with Crippen LogP contribution in [-0.4, -0.2) is 38.7 Å². The molecule has 0 aliphatic heterocycles. The van der Waals surface area contributed by atoms with E-state index in [4.69, 9.17) is 4.74 Å². The Morgan fingerprint density at radius 1 is 1.23 bits per heavy atom. The third-order valence-corrected chi connectivity index (χ3v) is 6.21. The zero-order valence-electron chi connectivity index (χ0n) is 19.6. The molecule has 1 aromatic carbocycles. The Morgan fingerprint density at radius 3 is 2.61 bits per heavy atom. The summed E-state index contributed by atoms with van der Waals surface area (Å²) in [4.78, 5) is 16.5. The van der Waals surface area contributed by atoms with E-state index in [1.54, 1.807) is 7.05 Å². The molecule has 0 saturated heterocycles. The normalized spacial score (nSPS) is 16.3. The number of hydrogen-bond donors (Lipinski definition) is 3. The lowest BCUT2D eigenvalue weighted by molar-refractivity contribution is -0.119. The summed E-state index contributed by atoms with van der Waals surface area (Å²) in [7, 11) is 1.81. The molecule has 0 bridgehead atoms. The highest BCUT2D eigenvalue weighted by atomic mass is 127. The molecule has 7 heteroatoms. The summed E-state index contributed by atoms with van der Waals surface area (Å²) in [5, 5.41) is 9.94. The zero-order valence-corrected chi connectivity index (χ0v) is 22.0.